The first-order valence-corrected chi connectivity index (χ1v) is 11.6. The topological polar surface area (TPSA) is 90.0 Å². The molecule has 7 nitrogen and oxygen atoms in total. The van der Waals surface area contributed by atoms with E-state index < -0.39 is 10.7 Å². The summed E-state index contributed by atoms with van der Waals surface area (Å²) in [7, 11) is 0. The summed E-state index contributed by atoms with van der Waals surface area (Å²) in [5.41, 5.74) is 3.31. The molecule has 0 spiro atoms. The van der Waals surface area contributed by atoms with Gasteiger partial charge in [-0.05, 0) is 26.3 Å². The van der Waals surface area contributed by atoms with E-state index in [1.807, 2.05) is 61.6 Å². The van der Waals surface area contributed by atoms with Gasteiger partial charge < -0.3 is 9.73 Å². The Morgan fingerprint density at radius 3 is 2.69 bits per heavy atom. The molecule has 1 aromatic carbocycles. The molecule has 0 fully saturated rings. The van der Waals surface area contributed by atoms with Gasteiger partial charge in [-0.3, -0.25) is 14.2 Å². The largest absolute Gasteiger partial charge is 0.444 e. The Morgan fingerprint density at radius 1 is 1.29 bits per heavy atom. The summed E-state index contributed by atoms with van der Waals surface area (Å²) in [6, 6.07) is 9.16. The third-order valence-corrected chi connectivity index (χ3v) is 5.39. The normalized spacial score (nSPS) is 12.2. The lowest BCUT2D eigenvalue weighted by atomic mass is 10.2. The molecule has 8 heteroatoms. The Hall–Kier alpha value is -3.91. The molecule has 0 amide bonds. The number of thiol groups is 1. The summed E-state index contributed by atoms with van der Waals surface area (Å²) >= 11 is 3.85. The highest BCUT2D eigenvalue weighted by Crippen LogP contribution is 2.21. The fraction of sp³-hybridized carbons (Fsp3) is 0.185. The zero-order valence-corrected chi connectivity index (χ0v) is 20.9. The van der Waals surface area contributed by atoms with Crippen molar-refractivity contribution in [3.63, 3.8) is 0 Å². The second-order valence-electron chi connectivity index (χ2n) is 7.76. The molecule has 0 aliphatic heterocycles. The van der Waals surface area contributed by atoms with Crippen molar-refractivity contribution in [1.82, 2.24) is 14.5 Å². The number of hydrogen-bond donors (Lipinski definition) is 2. The van der Waals surface area contributed by atoms with Gasteiger partial charge in [0.05, 0.1) is 18.4 Å². The summed E-state index contributed by atoms with van der Waals surface area (Å²) in [6.45, 7) is 9.84. The van der Waals surface area contributed by atoms with Crippen LogP contribution < -0.4 is 10.9 Å². The molecule has 0 atom stereocenters. The van der Waals surface area contributed by atoms with Crippen molar-refractivity contribution < 1.29 is 9.21 Å². The lowest BCUT2D eigenvalue weighted by molar-refractivity contribution is -0.111. The molecule has 0 aliphatic rings. The Balaban J connectivity index is 1.86. The third kappa shape index (κ3) is 6.58. The molecule has 180 valence electrons. The fourth-order valence-corrected chi connectivity index (χ4v) is 3.32. The van der Waals surface area contributed by atoms with Crippen LogP contribution in [0.5, 0.6) is 0 Å². The monoisotopic (exact) mass is 488 g/mol. The van der Waals surface area contributed by atoms with E-state index in [0.29, 0.717) is 28.7 Å². The zero-order chi connectivity index (χ0) is 25.4. The minimum atomic E-state index is -0.459. The first kappa shape index (κ1) is 25.7. The Morgan fingerprint density at radius 2 is 2.03 bits per heavy atom. The second kappa shape index (κ2) is 12.0. The third-order valence-electron chi connectivity index (χ3n) is 5.24. The van der Waals surface area contributed by atoms with Crippen molar-refractivity contribution in [1.29, 1.82) is 0 Å². The first-order chi connectivity index (χ1) is 16.8. The van der Waals surface area contributed by atoms with Gasteiger partial charge in [-0.1, -0.05) is 67.6 Å². The molecule has 2 aromatic heterocycles. The van der Waals surface area contributed by atoms with E-state index in [1.54, 1.807) is 0 Å². The average Bonchev–Trinajstić information content (AvgIpc) is 3.34. The van der Waals surface area contributed by atoms with E-state index in [0.717, 1.165) is 12.0 Å². The van der Waals surface area contributed by atoms with Gasteiger partial charge in [0, 0.05) is 11.1 Å². The number of benzene rings is 1. The van der Waals surface area contributed by atoms with Crippen molar-refractivity contribution in [2.45, 2.75) is 33.7 Å². The highest BCUT2D eigenvalue weighted by molar-refractivity contribution is 7.96. The van der Waals surface area contributed by atoms with Crippen LogP contribution in [0.3, 0.4) is 0 Å². The Labute approximate surface area is 210 Å². The van der Waals surface area contributed by atoms with Gasteiger partial charge in [0.25, 0.3) is 5.56 Å². The number of allylic oxidation sites excluding steroid dienone is 6. The number of oxazole rings is 1. The number of nitrogens with one attached hydrogen (secondary N) is 1. The van der Waals surface area contributed by atoms with E-state index in [9.17, 15) is 9.59 Å². The van der Waals surface area contributed by atoms with Crippen LogP contribution in [-0.4, -0.2) is 19.7 Å². The van der Waals surface area contributed by atoms with Crippen LogP contribution in [0.2, 0.25) is 0 Å². The molecular weight excluding hydrogens is 460 g/mol. The molecule has 0 bridgehead atoms. The predicted molar refractivity (Wildman–Crippen MR) is 144 cm³/mol. The van der Waals surface area contributed by atoms with Crippen LogP contribution >= 0.6 is 12.6 Å². The number of nitrogens with zero attached hydrogens (tertiary/aromatic N) is 3. The maximum Gasteiger partial charge on any atom is 0.277 e. The van der Waals surface area contributed by atoms with E-state index >= 15 is 0 Å². The molecule has 0 radical (unpaired) electrons. The van der Waals surface area contributed by atoms with Crippen molar-refractivity contribution >= 4 is 34.7 Å². The van der Waals surface area contributed by atoms with Crippen molar-refractivity contribution in [3.05, 3.63) is 101 Å². The second-order valence-corrected chi connectivity index (χ2v) is 8.26. The van der Waals surface area contributed by atoms with Crippen LogP contribution in [0.25, 0.3) is 22.7 Å². The number of rotatable bonds is 10. The average molecular weight is 489 g/mol. The Kier molecular flexibility index (Phi) is 8.80. The number of anilines is 1. The summed E-state index contributed by atoms with van der Waals surface area (Å²) in [4.78, 5) is 33.8. The van der Waals surface area contributed by atoms with Crippen LogP contribution in [-0.2, 0) is 11.3 Å². The molecule has 0 saturated carbocycles. The summed E-state index contributed by atoms with van der Waals surface area (Å²) in [5, 5.41) is 2.50. The molecule has 0 unspecified atom stereocenters. The lowest BCUT2D eigenvalue weighted by Gasteiger charge is -2.13. The van der Waals surface area contributed by atoms with Crippen molar-refractivity contribution in [2.75, 3.05) is 5.32 Å². The molecule has 0 aliphatic carbocycles. The van der Waals surface area contributed by atoms with Gasteiger partial charge in [0.1, 0.15) is 23.5 Å². The van der Waals surface area contributed by atoms with Gasteiger partial charge in [-0.15, -0.1) is 12.6 Å². The van der Waals surface area contributed by atoms with E-state index in [-0.39, 0.29) is 12.2 Å². The van der Waals surface area contributed by atoms with Crippen molar-refractivity contribution in [2.24, 2.45) is 0 Å². The molecule has 3 aromatic rings. The molecule has 35 heavy (non-hydrogen) atoms. The fourth-order valence-electron chi connectivity index (χ4n) is 3.17. The van der Waals surface area contributed by atoms with Crippen LogP contribution in [0.4, 0.5) is 5.69 Å². The number of aromatic nitrogens is 3. The van der Waals surface area contributed by atoms with Crippen molar-refractivity contribution in [3.8, 4) is 11.4 Å². The minimum Gasteiger partial charge on any atom is -0.444 e. The Bertz CT molecular complexity index is 1360. The van der Waals surface area contributed by atoms with E-state index in [2.05, 4.69) is 48.3 Å². The highest BCUT2D eigenvalue weighted by atomic mass is 32.1. The predicted octanol–water partition coefficient (Wildman–Crippen LogP) is 5.75. The molecular formula is C27H28N4O3S. The number of carbonyl (C=O) groups is 1. The van der Waals surface area contributed by atoms with Gasteiger partial charge >= 0.3 is 0 Å². The van der Waals surface area contributed by atoms with E-state index in [1.165, 1.54) is 22.6 Å². The van der Waals surface area contributed by atoms with Crippen LogP contribution in [0.1, 0.15) is 38.8 Å². The summed E-state index contributed by atoms with van der Waals surface area (Å²) in [6.07, 6.45) is 11.7. The SMILES string of the molecule is C=C(Nc1cnc(-c2ccccc2)n(CC(=O)S)c1=O)c1coc(C(/C=C\C=C(C)CC)=C/C)n1. The summed E-state index contributed by atoms with van der Waals surface area (Å²) < 4.78 is 6.92. The van der Waals surface area contributed by atoms with Gasteiger partial charge in [-0.25, -0.2) is 9.97 Å². The van der Waals surface area contributed by atoms with Crippen LogP contribution in [0, 0.1) is 0 Å². The number of hydrogen-bond acceptors (Lipinski definition) is 6. The summed E-state index contributed by atoms with van der Waals surface area (Å²) in [5.74, 6) is 0.801. The highest BCUT2D eigenvalue weighted by Gasteiger charge is 2.16. The molecule has 0 saturated heterocycles. The first-order valence-electron chi connectivity index (χ1n) is 11.1. The van der Waals surface area contributed by atoms with E-state index in [4.69, 9.17) is 4.42 Å². The smallest absolute Gasteiger partial charge is 0.277 e. The minimum absolute atomic E-state index is 0.153. The molecule has 2 heterocycles. The molecule has 1 N–H and O–H groups in total. The van der Waals surface area contributed by atoms with Gasteiger partial charge in [-0.2, -0.15) is 0 Å². The standard InChI is InChI=1S/C27H28N4O3S/c1-5-18(3)11-10-14-20(6-2)26-30-23(17-34-26)19(4)29-22-15-28-25(21-12-8-7-9-13-21)31(27(22)33)16-24(32)35/h6-15,17,29H,4-5,16H2,1-3H3,(H,32,35)/b14-10-,18-11?,20-6+. The van der Waals surface area contributed by atoms with Gasteiger partial charge in [0.15, 0.2) is 0 Å². The quantitative estimate of drug-likeness (QED) is 0.279. The molecule has 3 rings (SSSR count). The zero-order valence-electron chi connectivity index (χ0n) is 20.0. The maximum absolute atomic E-state index is 13.2. The number of carbonyl (C=O) groups excluding carboxylic acids is 1. The maximum atomic E-state index is 13.2. The van der Waals surface area contributed by atoms with Crippen LogP contribution in [0.15, 0.2) is 88.5 Å². The van der Waals surface area contributed by atoms with Gasteiger partial charge in [0.2, 0.25) is 11.0 Å². The lowest BCUT2D eigenvalue weighted by Crippen LogP contribution is -2.27.